The molecule has 1 atom stereocenters. The molecule has 0 aliphatic rings. The molecule has 0 radical (unpaired) electrons. The molecule has 1 rings (SSSR count). The van der Waals surface area contributed by atoms with Crippen LogP contribution in [0.15, 0.2) is 12.1 Å². The molecule has 23 heavy (non-hydrogen) atoms. The highest BCUT2D eigenvalue weighted by Gasteiger charge is 2.27. The Labute approximate surface area is 142 Å². The number of nitrogens with two attached hydrogens (primary N) is 1. The van der Waals surface area contributed by atoms with Crippen LogP contribution in [-0.4, -0.2) is 24.4 Å². The van der Waals surface area contributed by atoms with Crippen molar-refractivity contribution in [3.05, 3.63) is 28.8 Å². The third-order valence-corrected chi connectivity index (χ3v) is 4.09. The molecular weight excluding hydrogens is 286 g/mol. The first-order valence-electron chi connectivity index (χ1n) is 8.69. The Morgan fingerprint density at radius 1 is 1.04 bits per heavy atom. The van der Waals surface area contributed by atoms with Gasteiger partial charge in [-0.1, -0.05) is 53.7 Å². The summed E-state index contributed by atoms with van der Waals surface area (Å²) in [5.74, 6) is 1.02. The van der Waals surface area contributed by atoms with Gasteiger partial charge in [-0.2, -0.15) is 0 Å². The Kier molecular flexibility index (Phi) is 6.67. The van der Waals surface area contributed by atoms with Gasteiger partial charge in [0.25, 0.3) is 0 Å². The molecule has 0 aliphatic carbocycles. The highest BCUT2D eigenvalue weighted by molar-refractivity contribution is 5.51. The molecule has 1 aromatic rings. The smallest absolute Gasteiger partial charge is 0.126 e. The van der Waals surface area contributed by atoms with Crippen molar-refractivity contribution in [3.63, 3.8) is 0 Å². The van der Waals surface area contributed by atoms with Crippen molar-refractivity contribution in [1.82, 2.24) is 0 Å². The van der Waals surface area contributed by atoms with Gasteiger partial charge in [0.05, 0.1) is 12.7 Å². The molecule has 0 heterocycles. The topological polar surface area (TPSA) is 55.5 Å². The van der Waals surface area contributed by atoms with Gasteiger partial charge in [0.1, 0.15) is 5.75 Å². The van der Waals surface area contributed by atoms with Gasteiger partial charge in [-0.3, -0.25) is 0 Å². The maximum atomic E-state index is 9.77. The second-order valence-electron chi connectivity index (χ2n) is 8.38. The summed E-state index contributed by atoms with van der Waals surface area (Å²) in [6, 6.07) is 4.48. The van der Waals surface area contributed by atoms with E-state index >= 15 is 0 Å². The van der Waals surface area contributed by atoms with Crippen LogP contribution in [0.25, 0.3) is 0 Å². The number of aliphatic hydroxyl groups excluding tert-OH is 1. The van der Waals surface area contributed by atoms with Crippen LogP contribution in [0.2, 0.25) is 0 Å². The van der Waals surface area contributed by atoms with Gasteiger partial charge in [0.2, 0.25) is 0 Å². The Balaban J connectivity index is 3.40. The minimum absolute atomic E-state index is 0.00694. The van der Waals surface area contributed by atoms with E-state index in [1.165, 1.54) is 16.7 Å². The van der Waals surface area contributed by atoms with Crippen LogP contribution in [0.5, 0.6) is 5.75 Å². The van der Waals surface area contributed by atoms with Gasteiger partial charge in [-0.15, -0.1) is 0 Å². The first-order valence-corrected chi connectivity index (χ1v) is 8.69. The first-order chi connectivity index (χ1) is 10.5. The van der Waals surface area contributed by atoms with Crippen LogP contribution in [-0.2, 0) is 17.3 Å². The lowest BCUT2D eigenvalue weighted by Crippen LogP contribution is -2.22. The van der Waals surface area contributed by atoms with Crippen LogP contribution >= 0.6 is 0 Å². The summed E-state index contributed by atoms with van der Waals surface area (Å²) in [6.45, 7) is 16.3. The number of rotatable bonds is 6. The quantitative estimate of drug-likeness (QED) is 0.834. The Hall–Kier alpha value is -1.06. The van der Waals surface area contributed by atoms with Crippen molar-refractivity contribution in [2.45, 2.75) is 78.2 Å². The number of ether oxygens (including phenoxy) is 1. The van der Waals surface area contributed by atoms with E-state index in [-0.39, 0.29) is 10.8 Å². The second-order valence-corrected chi connectivity index (χ2v) is 8.38. The van der Waals surface area contributed by atoms with Crippen molar-refractivity contribution in [2.24, 2.45) is 5.73 Å². The number of hydrogen-bond acceptors (Lipinski definition) is 3. The summed E-state index contributed by atoms with van der Waals surface area (Å²) in [5.41, 5.74) is 9.27. The summed E-state index contributed by atoms with van der Waals surface area (Å²) < 4.78 is 6.05. The molecule has 0 saturated carbocycles. The standard InChI is InChI=1S/C20H35NO2/c1-8-23-18-16(19(2,3)4)11-14(9-10-15(22)13-21)12-17(18)20(5,6)7/h11-12,15,22H,8-10,13,21H2,1-7H3. The Morgan fingerprint density at radius 2 is 1.52 bits per heavy atom. The molecule has 1 unspecified atom stereocenters. The zero-order chi connectivity index (χ0) is 17.8. The number of aryl methyl sites for hydroxylation is 1. The van der Waals surface area contributed by atoms with Gasteiger partial charge in [-0.05, 0) is 36.2 Å². The van der Waals surface area contributed by atoms with E-state index in [4.69, 9.17) is 10.5 Å². The van der Waals surface area contributed by atoms with E-state index in [2.05, 4.69) is 53.7 Å². The van der Waals surface area contributed by atoms with Crippen LogP contribution in [0.4, 0.5) is 0 Å². The van der Waals surface area contributed by atoms with E-state index < -0.39 is 6.10 Å². The summed E-state index contributed by atoms with van der Waals surface area (Å²) in [7, 11) is 0. The van der Waals surface area contributed by atoms with Crippen LogP contribution in [0, 0.1) is 0 Å². The fraction of sp³-hybridized carbons (Fsp3) is 0.700. The number of aliphatic hydroxyl groups is 1. The molecule has 132 valence electrons. The number of hydrogen-bond donors (Lipinski definition) is 2. The Bertz CT molecular complexity index is 474. The van der Waals surface area contributed by atoms with Crippen LogP contribution < -0.4 is 10.5 Å². The van der Waals surface area contributed by atoms with E-state index in [9.17, 15) is 5.11 Å². The van der Waals surface area contributed by atoms with Crippen LogP contribution in [0.3, 0.4) is 0 Å². The monoisotopic (exact) mass is 321 g/mol. The fourth-order valence-corrected chi connectivity index (χ4v) is 2.70. The molecule has 0 spiro atoms. The summed E-state index contributed by atoms with van der Waals surface area (Å²) >= 11 is 0. The molecule has 3 nitrogen and oxygen atoms in total. The normalized spacial score (nSPS) is 14.0. The van der Waals surface area contributed by atoms with E-state index in [1.807, 2.05) is 6.92 Å². The highest BCUT2D eigenvalue weighted by atomic mass is 16.5. The van der Waals surface area contributed by atoms with Crippen molar-refractivity contribution in [1.29, 1.82) is 0 Å². The molecule has 1 aromatic carbocycles. The molecular formula is C20H35NO2. The molecule has 0 fully saturated rings. The minimum Gasteiger partial charge on any atom is -0.493 e. The second kappa shape index (κ2) is 7.67. The third-order valence-electron chi connectivity index (χ3n) is 4.09. The third kappa shape index (κ3) is 5.50. The fourth-order valence-electron chi connectivity index (χ4n) is 2.70. The molecule has 3 N–H and O–H groups in total. The largest absolute Gasteiger partial charge is 0.493 e. The lowest BCUT2D eigenvalue weighted by atomic mass is 9.78. The average Bonchev–Trinajstić information content (AvgIpc) is 2.43. The van der Waals surface area contributed by atoms with Gasteiger partial charge in [-0.25, -0.2) is 0 Å². The molecule has 3 heteroatoms. The first kappa shape index (κ1) is 20.0. The molecule has 0 saturated heterocycles. The van der Waals surface area contributed by atoms with E-state index in [0.29, 0.717) is 19.6 Å². The summed E-state index contributed by atoms with van der Waals surface area (Å²) in [5, 5.41) is 9.77. The SMILES string of the molecule is CCOc1c(C(C)(C)C)cc(CCC(O)CN)cc1C(C)(C)C. The molecule has 0 amide bonds. The molecule has 0 aliphatic heterocycles. The zero-order valence-corrected chi connectivity index (χ0v) is 16.0. The van der Waals surface area contributed by atoms with Crippen molar-refractivity contribution >= 4 is 0 Å². The van der Waals surface area contributed by atoms with Gasteiger partial charge in [0, 0.05) is 17.7 Å². The Morgan fingerprint density at radius 3 is 1.87 bits per heavy atom. The lowest BCUT2D eigenvalue weighted by Gasteiger charge is -2.30. The van der Waals surface area contributed by atoms with Crippen LogP contribution in [0.1, 0.15) is 71.6 Å². The summed E-state index contributed by atoms with van der Waals surface area (Å²) in [4.78, 5) is 0. The van der Waals surface area contributed by atoms with Crippen molar-refractivity contribution in [2.75, 3.05) is 13.2 Å². The minimum atomic E-state index is -0.433. The van der Waals surface area contributed by atoms with Gasteiger partial charge in [0.15, 0.2) is 0 Å². The average molecular weight is 322 g/mol. The zero-order valence-electron chi connectivity index (χ0n) is 16.0. The van der Waals surface area contributed by atoms with Crippen molar-refractivity contribution < 1.29 is 9.84 Å². The van der Waals surface area contributed by atoms with Crippen molar-refractivity contribution in [3.8, 4) is 5.75 Å². The molecule has 0 aromatic heterocycles. The summed E-state index contributed by atoms with van der Waals surface area (Å²) in [6.07, 6.45) is 1.09. The van der Waals surface area contributed by atoms with Gasteiger partial charge >= 0.3 is 0 Å². The predicted octanol–water partition coefficient (Wildman–Crippen LogP) is 3.93. The highest BCUT2D eigenvalue weighted by Crippen LogP contribution is 2.41. The maximum absolute atomic E-state index is 9.77. The molecule has 0 bridgehead atoms. The maximum Gasteiger partial charge on any atom is 0.126 e. The van der Waals surface area contributed by atoms with E-state index in [1.54, 1.807) is 0 Å². The number of benzene rings is 1. The lowest BCUT2D eigenvalue weighted by molar-refractivity contribution is 0.173. The predicted molar refractivity (Wildman–Crippen MR) is 98.4 cm³/mol. The van der Waals surface area contributed by atoms with E-state index in [0.717, 1.165) is 12.2 Å². The van der Waals surface area contributed by atoms with Gasteiger partial charge < -0.3 is 15.6 Å².